The zero-order chi connectivity index (χ0) is 15.3. The smallest absolute Gasteiger partial charge is 0.329 e. The number of hydrogen-bond donors (Lipinski definition) is 2. The van der Waals surface area contributed by atoms with Crippen LogP contribution in [0.3, 0.4) is 0 Å². The van der Waals surface area contributed by atoms with Crippen molar-refractivity contribution in [2.24, 2.45) is 0 Å². The van der Waals surface area contributed by atoms with Crippen molar-refractivity contribution in [3.8, 4) is 0 Å². The molecule has 0 saturated carbocycles. The molecular weight excluding hydrogens is 336 g/mol. The molecule has 0 radical (unpaired) electrons. The Morgan fingerprint density at radius 3 is 2.65 bits per heavy atom. The Kier molecular flexibility index (Phi) is 6.15. The topological polar surface area (TPSA) is 92.7 Å². The molecule has 112 valence electrons. The minimum Gasteiger partial charge on any atom is -0.480 e. The van der Waals surface area contributed by atoms with Gasteiger partial charge < -0.3 is 9.84 Å². The van der Waals surface area contributed by atoms with E-state index in [0.717, 1.165) is 12.1 Å². The zero-order valence-corrected chi connectivity index (χ0v) is 12.2. The highest BCUT2D eigenvalue weighted by atomic mass is 35.5. The van der Waals surface area contributed by atoms with Gasteiger partial charge in [-0.2, -0.15) is 0 Å². The first-order valence-corrected chi connectivity index (χ1v) is 7.42. The standard InChI is InChI=1S/C10H10Cl2FNO5S/c11-6-1-2-7(9(12)10(6)13)20(17,18)14-3-4-19-5-8(15)16/h1-2,14H,3-5H2,(H,15,16). The predicted molar refractivity (Wildman–Crippen MR) is 70.1 cm³/mol. The number of ether oxygens (including phenoxy) is 1. The first-order valence-electron chi connectivity index (χ1n) is 5.18. The number of sulfonamides is 1. The Morgan fingerprint density at radius 2 is 2.05 bits per heavy atom. The lowest BCUT2D eigenvalue weighted by atomic mass is 10.3. The summed E-state index contributed by atoms with van der Waals surface area (Å²) in [4.78, 5) is 9.70. The van der Waals surface area contributed by atoms with E-state index in [0.29, 0.717) is 0 Å². The van der Waals surface area contributed by atoms with Crippen LogP contribution in [-0.2, 0) is 19.6 Å². The lowest BCUT2D eigenvalue weighted by molar-refractivity contribution is -0.142. The van der Waals surface area contributed by atoms with Gasteiger partial charge in [0.05, 0.1) is 16.7 Å². The van der Waals surface area contributed by atoms with Crippen LogP contribution in [0.15, 0.2) is 17.0 Å². The molecule has 0 unspecified atom stereocenters. The summed E-state index contributed by atoms with van der Waals surface area (Å²) in [5.41, 5.74) is 0. The van der Waals surface area contributed by atoms with E-state index in [1.807, 2.05) is 0 Å². The molecule has 10 heteroatoms. The molecule has 0 heterocycles. The molecule has 1 aromatic rings. The SMILES string of the molecule is O=C(O)COCCNS(=O)(=O)c1ccc(Cl)c(F)c1Cl. The Labute approximate surface area is 124 Å². The molecule has 1 rings (SSSR count). The van der Waals surface area contributed by atoms with E-state index >= 15 is 0 Å². The second-order valence-electron chi connectivity index (χ2n) is 3.52. The largest absolute Gasteiger partial charge is 0.480 e. The lowest BCUT2D eigenvalue weighted by Gasteiger charge is -2.09. The predicted octanol–water partition coefficient (Wildman–Crippen LogP) is 1.51. The van der Waals surface area contributed by atoms with E-state index in [1.54, 1.807) is 0 Å². The quantitative estimate of drug-likeness (QED) is 0.577. The van der Waals surface area contributed by atoms with Gasteiger partial charge in [0.15, 0.2) is 5.82 Å². The van der Waals surface area contributed by atoms with Crippen molar-refractivity contribution >= 4 is 39.2 Å². The van der Waals surface area contributed by atoms with Crippen LogP contribution in [0.5, 0.6) is 0 Å². The van der Waals surface area contributed by atoms with Crippen molar-refractivity contribution in [1.82, 2.24) is 4.72 Å². The Hall–Kier alpha value is -0.930. The second kappa shape index (κ2) is 7.19. The lowest BCUT2D eigenvalue weighted by Crippen LogP contribution is -2.28. The number of carboxylic acid groups (broad SMARTS) is 1. The Balaban J connectivity index is 2.70. The molecule has 0 spiro atoms. The average molecular weight is 346 g/mol. The van der Waals surface area contributed by atoms with Crippen molar-refractivity contribution in [2.75, 3.05) is 19.8 Å². The van der Waals surface area contributed by atoms with Crippen LogP contribution in [-0.4, -0.2) is 39.3 Å². The van der Waals surface area contributed by atoms with Crippen LogP contribution >= 0.6 is 23.2 Å². The van der Waals surface area contributed by atoms with Gasteiger partial charge in [-0.1, -0.05) is 23.2 Å². The van der Waals surface area contributed by atoms with Gasteiger partial charge in [0.1, 0.15) is 11.5 Å². The molecule has 0 aliphatic carbocycles. The molecule has 6 nitrogen and oxygen atoms in total. The monoisotopic (exact) mass is 345 g/mol. The minimum atomic E-state index is -4.04. The first kappa shape index (κ1) is 17.1. The van der Waals surface area contributed by atoms with Gasteiger partial charge >= 0.3 is 5.97 Å². The molecule has 0 fully saturated rings. The fourth-order valence-corrected chi connectivity index (χ4v) is 2.96. The van der Waals surface area contributed by atoms with Crippen LogP contribution in [0.1, 0.15) is 0 Å². The van der Waals surface area contributed by atoms with E-state index in [4.69, 9.17) is 28.3 Å². The van der Waals surface area contributed by atoms with Crippen LogP contribution in [0.25, 0.3) is 0 Å². The molecule has 20 heavy (non-hydrogen) atoms. The van der Waals surface area contributed by atoms with Gasteiger partial charge in [0.25, 0.3) is 0 Å². The van der Waals surface area contributed by atoms with Crippen molar-refractivity contribution in [2.45, 2.75) is 4.90 Å². The number of nitrogens with one attached hydrogen (secondary N) is 1. The van der Waals surface area contributed by atoms with Crippen LogP contribution < -0.4 is 4.72 Å². The van der Waals surface area contributed by atoms with Crippen molar-refractivity contribution in [3.63, 3.8) is 0 Å². The molecule has 1 aromatic carbocycles. The molecule has 0 aliphatic heterocycles. The van der Waals surface area contributed by atoms with Crippen molar-refractivity contribution < 1.29 is 27.4 Å². The van der Waals surface area contributed by atoms with E-state index in [2.05, 4.69) is 9.46 Å². The molecule has 0 atom stereocenters. The molecule has 0 aromatic heterocycles. The second-order valence-corrected chi connectivity index (χ2v) is 6.04. The highest BCUT2D eigenvalue weighted by Crippen LogP contribution is 2.29. The zero-order valence-electron chi connectivity index (χ0n) is 9.90. The van der Waals surface area contributed by atoms with Crippen molar-refractivity contribution in [3.05, 3.63) is 28.0 Å². The van der Waals surface area contributed by atoms with Gasteiger partial charge in [-0.05, 0) is 12.1 Å². The summed E-state index contributed by atoms with van der Waals surface area (Å²) in [5.74, 6) is -2.20. The third-order valence-electron chi connectivity index (χ3n) is 2.05. The number of aliphatic carboxylic acids is 1. The Bertz CT molecular complexity index is 608. The maximum atomic E-state index is 13.4. The van der Waals surface area contributed by atoms with Gasteiger partial charge in [-0.25, -0.2) is 22.3 Å². The summed E-state index contributed by atoms with van der Waals surface area (Å²) < 4.78 is 43.8. The average Bonchev–Trinajstić information content (AvgIpc) is 2.34. The van der Waals surface area contributed by atoms with Crippen LogP contribution in [0.4, 0.5) is 4.39 Å². The number of rotatable bonds is 7. The van der Waals surface area contributed by atoms with E-state index < -0.39 is 38.3 Å². The van der Waals surface area contributed by atoms with Crippen LogP contribution in [0.2, 0.25) is 10.0 Å². The molecule has 0 bridgehead atoms. The van der Waals surface area contributed by atoms with E-state index in [9.17, 15) is 17.6 Å². The highest BCUT2D eigenvalue weighted by molar-refractivity contribution is 7.89. The third-order valence-corrected chi connectivity index (χ3v) is 4.33. The summed E-state index contributed by atoms with van der Waals surface area (Å²) in [5, 5.41) is 7.40. The number of benzene rings is 1. The fraction of sp³-hybridized carbons (Fsp3) is 0.300. The number of carboxylic acids is 1. The van der Waals surface area contributed by atoms with Gasteiger partial charge in [-0.3, -0.25) is 0 Å². The molecule has 0 amide bonds. The number of hydrogen-bond acceptors (Lipinski definition) is 4. The van der Waals surface area contributed by atoms with Gasteiger partial charge in [0, 0.05) is 6.54 Å². The molecule has 2 N–H and O–H groups in total. The van der Waals surface area contributed by atoms with Gasteiger partial charge in [0.2, 0.25) is 10.0 Å². The number of carbonyl (C=O) groups is 1. The summed E-state index contributed by atoms with van der Waals surface area (Å²) in [7, 11) is -4.04. The molecule has 0 saturated heterocycles. The van der Waals surface area contributed by atoms with E-state index in [-0.39, 0.29) is 18.2 Å². The number of halogens is 3. The third kappa shape index (κ3) is 4.57. The fourth-order valence-electron chi connectivity index (χ4n) is 1.20. The summed E-state index contributed by atoms with van der Waals surface area (Å²) in [6, 6.07) is 2.13. The van der Waals surface area contributed by atoms with E-state index in [1.165, 1.54) is 0 Å². The molecular formula is C10H10Cl2FNO5S. The van der Waals surface area contributed by atoms with Gasteiger partial charge in [-0.15, -0.1) is 0 Å². The maximum absolute atomic E-state index is 13.4. The van der Waals surface area contributed by atoms with Crippen LogP contribution in [0, 0.1) is 5.82 Å². The first-order chi connectivity index (χ1) is 9.25. The summed E-state index contributed by atoms with van der Waals surface area (Å²) in [6.07, 6.45) is 0. The highest BCUT2D eigenvalue weighted by Gasteiger charge is 2.21. The summed E-state index contributed by atoms with van der Waals surface area (Å²) >= 11 is 11.0. The molecule has 0 aliphatic rings. The maximum Gasteiger partial charge on any atom is 0.329 e. The summed E-state index contributed by atoms with van der Waals surface area (Å²) in [6.45, 7) is -0.881. The normalized spacial score (nSPS) is 11.6. The minimum absolute atomic E-state index is 0.154. The van der Waals surface area contributed by atoms with Crippen molar-refractivity contribution in [1.29, 1.82) is 0 Å². The Morgan fingerprint density at radius 1 is 1.40 bits per heavy atom.